The number of hydrogen-bond donors (Lipinski definition) is 0. The molecule has 0 nitrogen and oxygen atoms in total. The van der Waals surface area contributed by atoms with Crippen molar-refractivity contribution in [3.8, 4) is 0 Å². The molecule has 2 heteroatoms. The van der Waals surface area contributed by atoms with E-state index < -0.39 is 0 Å². The molecule has 1 aliphatic heterocycles. The minimum Gasteiger partial charge on any atom is -0.207 e. The molecule has 2 rings (SSSR count). The summed E-state index contributed by atoms with van der Waals surface area (Å²) in [7, 11) is 0. The van der Waals surface area contributed by atoms with Crippen LogP contribution in [-0.2, 0) is 0 Å². The lowest BCUT2D eigenvalue weighted by Crippen LogP contribution is -1.83. The molecule has 1 aromatic rings. The van der Waals surface area contributed by atoms with Crippen LogP contribution < -0.4 is 0 Å². The van der Waals surface area contributed by atoms with Crippen LogP contribution in [0.5, 0.6) is 0 Å². The molecule has 0 spiro atoms. The second kappa shape index (κ2) is 2.52. The molecule has 2 atom stereocenters. The molecule has 1 aromatic carbocycles. The van der Waals surface area contributed by atoms with Gasteiger partial charge in [0.05, 0.1) is 0 Å². The SMILES string of the molecule is CC1SC1c1ccc(F)cc1. The molecule has 0 saturated carbocycles. The monoisotopic (exact) mass is 168 g/mol. The Morgan fingerprint density at radius 1 is 1.27 bits per heavy atom. The topological polar surface area (TPSA) is 0 Å². The van der Waals surface area contributed by atoms with Crippen molar-refractivity contribution >= 4 is 11.8 Å². The molecule has 0 amide bonds. The Bertz CT molecular complexity index is 255. The average Bonchev–Trinajstić information content (AvgIpc) is 2.69. The van der Waals surface area contributed by atoms with Gasteiger partial charge in [0.15, 0.2) is 0 Å². The second-order valence-electron chi connectivity index (χ2n) is 2.81. The van der Waals surface area contributed by atoms with Gasteiger partial charge in [-0.15, -0.1) is 11.8 Å². The molecule has 0 aromatic heterocycles. The quantitative estimate of drug-likeness (QED) is 0.581. The highest BCUT2D eigenvalue weighted by Gasteiger charge is 2.34. The third kappa shape index (κ3) is 1.41. The minimum atomic E-state index is -0.146. The summed E-state index contributed by atoms with van der Waals surface area (Å²) in [6, 6.07) is 6.80. The molecule has 0 N–H and O–H groups in total. The summed E-state index contributed by atoms with van der Waals surface area (Å²) in [4.78, 5) is 0. The van der Waals surface area contributed by atoms with Crippen LogP contribution in [0.25, 0.3) is 0 Å². The first kappa shape index (κ1) is 7.17. The lowest BCUT2D eigenvalue weighted by atomic mass is 10.1. The maximum atomic E-state index is 12.5. The van der Waals surface area contributed by atoms with E-state index in [4.69, 9.17) is 0 Å². The fraction of sp³-hybridized carbons (Fsp3) is 0.333. The van der Waals surface area contributed by atoms with Crippen molar-refractivity contribution < 1.29 is 4.39 Å². The van der Waals surface area contributed by atoms with Gasteiger partial charge in [-0.05, 0) is 17.7 Å². The summed E-state index contributed by atoms with van der Waals surface area (Å²) in [5.74, 6) is -0.146. The smallest absolute Gasteiger partial charge is 0.123 e. The number of thioether (sulfide) groups is 1. The maximum absolute atomic E-state index is 12.5. The maximum Gasteiger partial charge on any atom is 0.123 e. The zero-order valence-corrected chi connectivity index (χ0v) is 7.07. The Morgan fingerprint density at radius 3 is 2.27 bits per heavy atom. The van der Waals surface area contributed by atoms with Crippen LogP contribution in [0.4, 0.5) is 4.39 Å². The van der Waals surface area contributed by atoms with Gasteiger partial charge in [-0.3, -0.25) is 0 Å². The van der Waals surface area contributed by atoms with Crippen LogP contribution in [0.1, 0.15) is 17.7 Å². The first-order chi connectivity index (χ1) is 5.27. The highest BCUT2D eigenvalue weighted by Crippen LogP contribution is 2.54. The summed E-state index contributed by atoms with van der Waals surface area (Å²) in [6.45, 7) is 2.19. The van der Waals surface area contributed by atoms with Gasteiger partial charge < -0.3 is 0 Å². The van der Waals surface area contributed by atoms with E-state index in [9.17, 15) is 4.39 Å². The zero-order valence-electron chi connectivity index (χ0n) is 6.25. The summed E-state index contributed by atoms with van der Waals surface area (Å²) < 4.78 is 12.5. The Hall–Kier alpha value is -0.500. The fourth-order valence-corrected chi connectivity index (χ4v) is 2.03. The van der Waals surface area contributed by atoms with Crippen molar-refractivity contribution in [1.82, 2.24) is 0 Å². The van der Waals surface area contributed by atoms with E-state index in [1.165, 1.54) is 17.7 Å². The van der Waals surface area contributed by atoms with Crippen molar-refractivity contribution in [2.45, 2.75) is 17.4 Å². The average molecular weight is 168 g/mol. The van der Waals surface area contributed by atoms with E-state index in [0.717, 1.165) is 5.25 Å². The predicted octanol–water partition coefficient (Wildman–Crippen LogP) is 3.00. The highest BCUT2D eigenvalue weighted by atomic mass is 32.2. The van der Waals surface area contributed by atoms with Gasteiger partial charge in [0, 0.05) is 10.5 Å². The fourth-order valence-electron chi connectivity index (χ4n) is 1.19. The highest BCUT2D eigenvalue weighted by molar-refractivity contribution is 8.07. The van der Waals surface area contributed by atoms with E-state index in [2.05, 4.69) is 6.92 Å². The molecule has 1 saturated heterocycles. The van der Waals surface area contributed by atoms with E-state index >= 15 is 0 Å². The second-order valence-corrected chi connectivity index (χ2v) is 4.34. The number of halogens is 1. The van der Waals surface area contributed by atoms with Crippen LogP contribution in [0.15, 0.2) is 24.3 Å². The van der Waals surface area contributed by atoms with E-state index in [-0.39, 0.29) is 5.82 Å². The molecule has 0 aliphatic carbocycles. The summed E-state index contributed by atoms with van der Waals surface area (Å²) in [6.07, 6.45) is 0. The minimum absolute atomic E-state index is 0.146. The molecule has 0 bridgehead atoms. The molecule has 11 heavy (non-hydrogen) atoms. The van der Waals surface area contributed by atoms with Gasteiger partial charge in [-0.2, -0.15) is 0 Å². The van der Waals surface area contributed by atoms with Crippen molar-refractivity contribution in [2.75, 3.05) is 0 Å². The van der Waals surface area contributed by atoms with Crippen LogP contribution in [0.3, 0.4) is 0 Å². The Morgan fingerprint density at radius 2 is 1.82 bits per heavy atom. The van der Waals surface area contributed by atoms with Crippen LogP contribution in [-0.4, -0.2) is 5.25 Å². The predicted molar refractivity (Wildman–Crippen MR) is 46.2 cm³/mol. The third-order valence-corrected chi connectivity index (χ3v) is 3.27. The molecule has 1 aliphatic rings. The number of rotatable bonds is 1. The molecule has 1 fully saturated rings. The van der Waals surface area contributed by atoms with Crippen LogP contribution in [0.2, 0.25) is 0 Å². The molecular formula is C9H9FS. The third-order valence-electron chi connectivity index (χ3n) is 1.91. The summed E-state index contributed by atoms with van der Waals surface area (Å²) in [5.41, 5.74) is 1.25. The van der Waals surface area contributed by atoms with Crippen molar-refractivity contribution in [2.24, 2.45) is 0 Å². The molecule has 0 radical (unpaired) electrons. The summed E-state index contributed by atoms with van der Waals surface area (Å²) in [5, 5.41) is 1.34. The standard InChI is InChI=1S/C9H9FS/c1-6-9(11-6)7-2-4-8(10)5-3-7/h2-6,9H,1H3. The normalized spacial score (nSPS) is 28.5. The van der Waals surface area contributed by atoms with Gasteiger partial charge >= 0.3 is 0 Å². The number of hydrogen-bond acceptors (Lipinski definition) is 1. The van der Waals surface area contributed by atoms with Gasteiger partial charge in [-0.1, -0.05) is 19.1 Å². The molecule has 2 unspecified atom stereocenters. The number of benzene rings is 1. The van der Waals surface area contributed by atoms with E-state index in [1.807, 2.05) is 23.9 Å². The Labute approximate surface area is 69.8 Å². The molecule has 58 valence electrons. The van der Waals surface area contributed by atoms with Gasteiger partial charge in [-0.25, -0.2) is 4.39 Å². The Kier molecular flexibility index (Phi) is 1.64. The van der Waals surface area contributed by atoms with E-state index in [0.29, 0.717) is 5.25 Å². The van der Waals surface area contributed by atoms with Crippen molar-refractivity contribution in [1.29, 1.82) is 0 Å². The largest absolute Gasteiger partial charge is 0.207 e. The van der Waals surface area contributed by atoms with Gasteiger partial charge in [0.25, 0.3) is 0 Å². The molecule has 1 heterocycles. The lowest BCUT2D eigenvalue weighted by Gasteiger charge is -1.94. The lowest BCUT2D eigenvalue weighted by molar-refractivity contribution is 0.627. The Balaban J connectivity index is 2.21. The van der Waals surface area contributed by atoms with Crippen molar-refractivity contribution in [3.63, 3.8) is 0 Å². The van der Waals surface area contributed by atoms with Gasteiger partial charge in [0.1, 0.15) is 5.82 Å². The van der Waals surface area contributed by atoms with Crippen LogP contribution >= 0.6 is 11.8 Å². The van der Waals surface area contributed by atoms with E-state index in [1.54, 1.807) is 0 Å². The van der Waals surface area contributed by atoms with Gasteiger partial charge in [0.2, 0.25) is 0 Å². The molecular weight excluding hydrogens is 159 g/mol. The first-order valence-electron chi connectivity index (χ1n) is 3.68. The zero-order chi connectivity index (χ0) is 7.84. The first-order valence-corrected chi connectivity index (χ1v) is 4.62. The summed E-state index contributed by atoms with van der Waals surface area (Å²) >= 11 is 1.93. The van der Waals surface area contributed by atoms with Crippen molar-refractivity contribution in [3.05, 3.63) is 35.6 Å². The van der Waals surface area contributed by atoms with Crippen LogP contribution in [0, 0.1) is 5.82 Å².